The molecule has 1 aromatic heterocycles. The lowest BCUT2D eigenvalue weighted by atomic mass is 9.93. The molecule has 2 aromatic carbocycles. The van der Waals surface area contributed by atoms with E-state index in [4.69, 9.17) is 0 Å². The number of benzene rings is 2. The van der Waals surface area contributed by atoms with Gasteiger partial charge in [-0.05, 0) is 55.2 Å². The summed E-state index contributed by atoms with van der Waals surface area (Å²) in [4.78, 5) is 28.8. The van der Waals surface area contributed by atoms with Crippen molar-refractivity contribution in [2.45, 2.75) is 57.7 Å². The van der Waals surface area contributed by atoms with Gasteiger partial charge in [0.1, 0.15) is 18.4 Å². The molecular formula is C26H29FN4O2. The second-order valence-corrected chi connectivity index (χ2v) is 8.55. The zero-order valence-electron chi connectivity index (χ0n) is 18.8. The van der Waals surface area contributed by atoms with Gasteiger partial charge in [0, 0.05) is 24.1 Å². The van der Waals surface area contributed by atoms with Crippen molar-refractivity contribution in [2.24, 2.45) is 0 Å². The van der Waals surface area contributed by atoms with Gasteiger partial charge in [0.25, 0.3) is 0 Å². The van der Waals surface area contributed by atoms with Crippen molar-refractivity contribution in [3.63, 3.8) is 0 Å². The van der Waals surface area contributed by atoms with Crippen LogP contribution in [-0.4, -0.2) is 27.6 Å². The number of aromatic nitrogens is 2. The Labute approximate surface area is 193 Å². The van der Waals surface area contributed by atoms with Crippen molar-refractivity contribution >= 4 is 17.5 Å². The van der Waals surface area contributed by atoms with Crippen molar-refractivity contribution in [3.05, 3.63) is 83.9 Å². The first kappa shape index (κ1) is 22.7. The van der Waals surface area contributed by atoms with Crippen molar-refractivity contribution in [2.75, 3.05) is 4.90 Å². The van der Waals surface area contributed by atoms with Crippen LogP contribution in [0.1, 0.15) is 49.3 Å². The van der Waals surface area contributed by atoms with Crippen molar-refractivity contribution in [1.29, 1.82) is 0 Å². The van der Waals surface area contributed by atoms with Crippen LogP contribution in [0.25, 0.3) is 0 Å². The second-order valence-electron chi connectivity index (χ2n) is 8.55. The number of amides is 2. The molecule has 2 amide bonds. The smallest absolute Gasteiger partial charge is 0.249 e. The number of carbonyl (C=O) groups is 2. The third-order valence-electron chi connectivity index (χ3n) is 6.15. The Balaban J connectivity index is 1.76. The van der Waals surface area contributed by atoms with Gasteiger partial charge in [-0.25, -0.2) is 4.39 Å². The molecule has 0 bridgehead atoms. The maximum Gasteiger partial charge on any atom is 0.249 e. The summed E-state index contributed by atoms with van der Waals surface area (Å²) in [5, 5.41) is 7.31. The summed E-state index contributed by atoms with van der Waals surface area (Å²) < 4.78 is 15.7. The monoisotopic (exact) mass is 448 g/mol. The first-order valence-electron chi connectivity index (χ1n) is 11.4. The molecule has 1 heterocycles. The molecule has 1 aliphatic carbocycles. The van der Waals surface area contributed by atoms with Crippen molar-refractivity contribution < 1.29 is 14.0 Å². The minimum atomic E-state index is -0.932. The molecular weight excluding hydrogens is 419 g/mol. The maximum absolute atomic E-state index is 14.2. The summed E-state index contributed by atoms with van der Waals surface area (Å²) >= 11 is 0. The lowest BCUT2D eigenvalue weighted by molar-refractivity contribution is -0.127. The van der Waals surface area contributed by atoms with E-state index >= 15 is 0 Å². The van der Waals surface area contributed by atoms with E-state index in [0.717, 1.165) is 31.2 Å². The molecule has 33 heavy (non-hydrogen) atoms. The number of nitrogens with zero attached hydrogens (tertiary/aromatic N) is 3. The minimum Gasteiger partial charge on any atom is -0.351 e. The number of hydrogen-bond donors (Lipinski definition) is 1. The maximum atomic E-state index is 14.2. The van der Waals surface area contributed by atoms with Crippen LogP contribution in [0.15, 0.2) is 67.0 Å². The zero-order chi connectivity index (χ0) is 23.2. The molecule has 6 nitrogen and oxygen atoms in total. The van der Waals surface area contributed by atoms with Gasteiger partial charge in [-0.2, -0.15) is 5.10 Å². The summed E-state index contributed by atoms with van der Waals surface area (Å²) in [5.74, 6) is -1.08. The lowest BCUT2D eigenvalue weighted by Gasteiger charge is -2.34. The van der Waals surface area contributed by atoms with Crippen LogP contribution in [0.5, 0.6) is 0 Å². The van der Waals surface area contributed by atoms with Gasteiger partial charge < -0.3 is 5.32 Å². The van der Waals surface area contributed by atoms with E-state index in [9.17, 15) is 14.0 Å². The molecule has 4 rings (SSSR count). The SMILES string of the molecule is Cc1ccccc1C(C(=O)NC1CCCCC1)N(C(=O)Cn1cccn1)c1cccc(F)c1. The zero-order valence-corrected chi connectivity index (χ0v) is 18.8. The van der Waals surface area contributed by atoms with Gasteiger partial charge in [0.2, 0.25) is 11.8 Å². The van der Waals surface area contributed by atoms with Gasteiger partial charge in [0.05, 0.1) is 0 Å². The average Bonchev–Trinajstić information content (AvgIpc) is 3.31. The Kier molecular flexibility index (Phi) is 7.17. The molecule has 1 aliphatic rings. The summed E-state index contributed by atoms with van der Waals surface area (Å²) in [7, 11) is 0. The van der Waals surface area contributed by atoms with E-state index in [1.54, 1.807) is 30.6 Å². The molecule has 0 saturated heterocycles. The molecule has 1 atom stereocenters. The molecule has 3 aromatic rings. The van der Waals surface area contributed by atoms with Crippen LogP contribution in [-0.2, 0) is 16.1 Å². The van der Waals surface area contributed by atoms with Gasteiger partial charge in [-0.3, -0.25) is 19.2 Å². The number of halogens is 1. The molecule has 1 unspecified atom stereocenters. The highest BCUT2D eigenvalue weighted by Gasteiger charge is 2.35. The van der Waals surface area contributed by atoms with E-state index in [2.05, 4.69) is 10.4 Å². The predicted octanol–water partition coefficient (Wildman–Crippen LogP) is 4.55. The number of nitrogens with one attached hydrogen (secondary N) is 1. The van der Waals surface area contributed by atoms with Crippen LogP contribution in [0, 0.1) is 12.7 Å². The van der Waals surface area contributed by atoms with Gasteiger partial charge >= 0.3 is 0 Å². The van der Waals surface area contributed by atoms with E-state index in [0.29, 0.717) is 11.3 Å². The number of anilines is 1. The number of rotatable bonds is 7. The fourth-order valence-electron chi connectivity index (χ4n) is 4.49. The number of carbonyl (C=O) groups excluding carboxylic acids is 2. The molecule has 7 heteroatoms. The summed E-state index contributed by atoms with van der Waals surface area (Å²) in [6, 6.07) is 14.2. The van der Waals surface area contributed by atoms with Crippen LogP contribution in [0.3, 0.4) is 0 Å². The summed E-state index contributed by atoms with van der Waals surface area (Å²) in [5.41, 5.74) is 1.93. The summed E-state index contributed by atoms with van der Waals surface area (Å²) in [6.07, 6.45) is 8.45. The Hall–Kier alpha value is -3.48. The standard InChI is InChI=1S/C26H29FN4O2/c1-19-9-5-6-14-23(19)25(26(33)29-21-11-3-2-4-12-21)31(22-13-7-10-20(27)17-22)24(32)18-30-16-8-15-28-30/h5-10,13-17,21,25H,2-4,11-12,18H2,1H3,(H,29,33). The Bertz CT molecular complexity index is 1090. The van der Waals surface area contributed by atoms with Gasteiger partial charge in [0.15, 0.2) is 0 Å². The number of aryl methyl sites for hydroxylation is 1. The summed E-state index contributed by atoms with van der Waals surface area (Å²) in [6.45, 7) is 1.85. The first-order chi connectivity index (χ1) is 16.0. The normalized spacial score (nSPS) is 15.1. The fraction of sp³-hybridized carbons (Fsp3) is 0.346. The van der Waals surface area contributed by atoms with Crippen molar-refractivity contribution in [1.82, 2.24) is 15.1 Å². The average molecular weight is 449 g/mol. The molecule has 172 valence electrons. The predicted molar refractivity (Wildman–Crippen MR) is 125 cm³/mol. The van der Waals surface area contributed by atoms with Gasteiger partial charge in [-0.15, -0.1) is 0 Å². The van der Waals surface area contributed by atoms with Crippen LogP contribution < -0.4 is 10.2 Å². The van der Waals surface area contributed by atoms with Gasteiger partial charge in [-0.1, -0.05) is 49.6 Å². The molecule has 1 N–H and O–H groups in total. The molecule has 0 aliphatic heterocycles. The van der Waals surface area contributed by atoms with E-state index in [1.165, 1.54) is 28.1 Å². The molecule has 0 spiro atoms. The van der Waals surface area contributed by atoms with E-state index in [1.807, 2.05) is 31.2 Å². The van der Waals surface area contributed by atoms with Crippen molar-refractivity contribution in [3.8, 4) is 0 Å². The second kappa shape index (κ2) is 10.4. The first-order valence-corrected chi connectivity index (χ1v) is 11.4. The fourth-order valence-corrected chi connectivity index (χ4v) is 4.49. The lowest BCUT2D eigenvalue weighted by Crippen LogP contribution is -2.48. The largest absolute Gasteiger partial charge is 0.351 e. The third-order valence-corrected chi connectivity index (χ3v) is 6.15. The van der Waals surface area contributed by atoms with Crippen LogP contribution in [0.2, 0.25) is 0 Å². The number of hydrogen-bond acceptors (Lipinski definition) is 3. The van der Waals surface area contributed by atoms with Crippen LogP contribution >= 0.6 is 0 Å². The Morgan fingerprint density at radius 3 is 2.61 bits per heavy atom. The van der Waals surface area contributed by atoms with Crippen LogP contribution in [0.4, 0.5) is 10.1 Å². The minimum absolute atomic E-state index is 0.0669. The topological polar surface area (TPSA) is 67.2 Å². The molecule has 0 radical (unpaired) electrons. The third kappa shape index (κ3) is 5.48. The molecule has 1 saturated carbocycles. The Morgan fingerprint density at radius 2 is 1.91 bits per heavy atom. The highest BCUT2D eigenvalue weighted by atomic mass is 19.1. The molecule has 1 fully saturated rings. The highest BCUT2D eigenvalue weighted by Crippen LogP contribution is 2.31. The van der Waals surface area contributed by atoms with E-state index in [-0.39, 0.29) is 24.4 Å². The van der Waals surface area contributed by atoms with E-state index < -0.39 is 11.9 Å². The quantitative estimate of drug-likeness (QED) is 0.576. The Morgan fingerprint density at radius 1 is 1.12 bits per heavy atom. The highest BCUT2D eigenvalue weighted by molar-refractivity contribution is 6.01.